The minimum atomic E-state index is 0.266. The highest BCUT2D eigenvalue weighted by atomic mass is 16.5. The van der Waals surface area contributed by atoms with Crippen molar-refractivity contribution in [2.24, 2.45) is 5.41 Å². The van der Waals surface area contributed by atoms with Gasteiger partial charge in [-0.2, -0.15) is 0 Å². The summed E-state index contributed by atoms with van der Waals surface area (Å²) in [6, 6.07) is 8.29. The number of hydrogen-bond donors (Lipinski definition) is 1. The van der Waals surface area contributed by atoms with Gasteiger partial charge in [0.05, 0.1) is 26.4 Å². The Morgan fingerprint density at radius 3 is 2.91 bits per heavy atom. The molecule has 122 valence electrons. The van der Waals surface area contributed by atoms with Crippen molar-refractivity contribution in [1.29, 1.82) is 0 Å². The molecule has 1 aromatic carbocycles. The molecule has 2 saturated heterocycles. The van der Waals surface area contributed by atoms with Gasteiger partial charge < -0.3 is 19.5 Å². The van der Waals surface area contributed by atoms with Gasteiger partial charge in [-0.3, -0.25) is 0 Å². The number of aliphatic hydroxyl groups is 1. The Balaban J connectivity index is 1.54. The number of likely N-dealkylation sites (tertiary alicyclic amines) is 1. The molecule has 2 heterocycles. The SMILES string of the molecule is COc1cccc(C[C@H]2CC3(CCN(CCO)CC3)CO2)c1. The first-order valence-electron chi connectivity index (χ1n) is 8.31. The van der Waals surface area contributed by atoms with Crippen LogP contribution < -0.4 is 4.74 Å². The molecule has 4 heteroatoms. The Bertz CT molecular complexity index is 483. The molecule has 0 aliphatic carbocycles. The maximum Gasteiger partial charge on any atom is 0.119 e. The van der Waals surface area contributed by atoms with Crippen molar-refractivity contribution in [3.8, 4) is 5.75 Å². The second kappa shape index (κ2) is 6.99. The van der Waals surface area contributed by atoms with E-state index in [2.05, 4.69) is 17.0 Å². The third kappa shape index (κ3) is 3.62. The summed E-state index contributed by atoms with van der Waals surface area (Å²) in [5.74, 6) is 0.919. The van der Waals surface area contributed by atoms with Crippen LogP contribution in [0.3, 0.4) is 0 Å². The van der Waals surface area contributed by atoms with Gasteiger partial charge in [0.2, 0.25) is 0 Å². The number of benzene rings is 1. The number of methoxy groups -OCH3 is 1. The molecule has 0 unspecified atom stereocenters. The summed E-state index contributed by atoms with van der Waals surface area (Å²) in [4.78, 5) is 2.36. The molecule has 1 aromatic rings. The van der Waals surface area contributed by atoms with E-state index in [0.717, 1.165) is 44.8 Å². The van der Waals surface area contributed by atoms with Crippen LogP contribution in [0.1, 0.15) is 24.8 Å². The first kappa shape index (κ1) is 15.8. The summed E-state index contributed by atoms with van der Waals surface area (Å²) in [6.07, 6.45) is 4.86. The van der Waals surface area contributed by atoms with Crippen molar-refractivity contribution < 1.29 is 14.6 Å². The van der Waals surface area contributed by atoms with Crippen LogP contribution >= 0.6 is 0 Å². The lowest BCUT2D eigenvalue weighted by Crippen LogP contribution is -2.41. The highest BCUT2D eigenvalue weighted by Crippen LogP contribution is 2.42. The fourth-order valence-corrected chi connectivity index (χ4v) is 3.83. The summed E-state index contributed by atoms with van der Waals surface area (Å²) in [7, 11) is 1.71. The molecule has 22 heavy (non-hydrogen) atoms. The molecule has 0 saturated carbocycles. The van der Waals surface area contributed by atoms with Gasteiger partial charge in [0, 0.05) is 6.54 Å². The minimum absolute atomic E-state index is 0.266. The van der Waals surface area contributed by atoms with Gasteiger partial charge in [-0.1, -0.05) is 12.1 Å². The molecule has 2 aliphatic heterocycles. The van der Waals surface area contributed by atoms with E-state index in [1.807, 2.05) is 12.1 Å². The highest BCUT2D eigenvalue weighted by Gasteiger charge is 2.42. The van der Waals surface area contributed by atoms with Gasteiger partial charge in [-0.15, -0.1) is 0 Å². The van der Waals surface area contributed by atoms with Crippen LogP contribution in [-0.4, -0.2) is 56.1 Å². The second-order valence-corrected chi connectivity index (χ2v) is 6.76. The molecule has 3 rings (SSSR count). The Morgan fingerprint density at radius 2 is 2.18 bits per heavy atom. The molecule has 0 amide bonds. The predicted molar refractivity (Wildman–Crippen MR) is 86.2 cm³/mol. The molecule has 0 aromatic heterocycles. The third-order valence-corrected chi connectivity index (χ3v) is 5.22. The lowest BCUT2D eigenvalue weighted by molar-refractivity contribution is 0.0600. The molecule has 1 spiro atoms. The number of rotatable bonds is 5. The Hall–Kier alpha value is -1.10. The second-order valence-electron chi connectivity index (χ2n) is 6.76. The molecule has 0 bridgehead atoms. The molecular weight excluding hydrogens is 278 g/mol. The number of nitrogens with zero attached hydrogens (tertiary/aromatic N) is 1. The molecular formula is C18H27NO3. The van der Waals surface area contributed by atoms with Crippen LogP contribution in [0.4, 0.5) is 0 Å². The molecule has 2 fully saturated rings. The molecule has 4 nitrogen and oxygen atoms in total. The van der Waals surface area contributed by atoms with Gasteiger partial charge in [0.15, 0.2) is 0 Å². The summed E-state index contributed by atoms with van der Waals surface area (Å²) in [6.45, 7) is 4.16. The zero-order chi connectivity index (χ0) is 15.4. The van der Waals surface area contributed by atoms with Crippen LogP contribution in [0.15, 0.2) is 24.3 Å². The van der Waals surface area contributed by atoms with Crippen LogP contribution in [0.2, 0.25) is 0 Å². The van der Waals surface area contributed by atoms with Gasteiger partial charge in [-0.05, 0) is 61.9 Å². The van der Waals surface area contributed by atoms with Gasteiger partial charge >= 0.3 is 0 Å². The molecule has 0 radical (unpaired) electrons. The summed E-state index contributed by atoms with van der Waals surface area (Å²) in [5, 5.41) is 9.05. The number of β-amino-alcohol motifs (C(OH)–C–C–N with tert-alkyl or cyclic N) is 1. The summed E-state index contributed by atoms with van der Waals surface area (Å²) in [5.41, 5.74) is 1.66. The predicted octanol–water partition coefficient (Wildman–Crippen LogP) is 2.10. The first-order chi connectivity index (χ1) is 10.7. The Kier molecular flexibility index (Phi) is 5.01. The lowest BCUT2D eigenvalue weighted by Gasteiger charge is -2.38. The van der Waals surface area contributed by atoms with Crippen LogP contribution in [-0.2, 0) is 11.2 Å². The Labute approximate surface area is 133 Å². The number of ether oxygens (including phenoxy) is 2. The van der Waals surface area contributed by atoms with Crippen molar-refractivity contribution in [3.63, 3.8) is 0 Å². The zero-order valence-corrected chi connectivity index (χ0v) is 13.5. The molecule has 1 N–H and O–H groups in total. The zero-order valence-electron chi connectivity index (χ0n) is 13.5. The van der Waals surface area contributed by atoms with Crippen molar-refractivity contribution in [2.75, 3.05) is 40.0 Å². The minimum Gasteiger partial charge on any atom is -0.497 e. The van der Waals surface area contributed by atoms with E-state index < -0.39 is 0 Å². The fourth-order valence-electron chi connectivity index (χ4n) is 3.83. The van der Waals surface area contributed by atoms with Crippen molar-refractivity contribution >= 4 is 0 Å². The van der Waals surface area contributed by atoms with E-state index in [-0.39, 0.29) is 6.61 Å². The van der Waals surface area contributed by atoms with E-state index in [1.165, 1.54) is 18.4 Å². The van der Waals surface area contributed by atoms with Gasteiger partial charge in [0.1, 0.15) is 5.75 Å². The van der Waals surface area contributed by atoms with E-state index in [1.54, 1.807) is 7.11 Å². The van der Waals surface area contributed by atoms with Crippen LogP contribution in [0.5, 0.6) is 5.75 Å². The van der Waals surface area contributed by atoms with Crippen molar-refractivity contribution in [3.05, 3.63) is 29.8 Å². The summed E-state index contributed by atoms with van der Waals surface area (Å²) >= 11 is 0. The normalized spacial score (nSPS) is 24.7. The van der Waals surface area contributed by atoms with E-state index >= 15 is 0 Å². The lowest BCUT2D eigenvalue weighted by atomic mass is 9.76. The standard InChI is InChI=1S/C18H27NO3/c1-21-16-4-2-3-15(11-16)12-17-13-18(14-22-17)5-7-19(8-6-18)9-10-20/h2-4,11,17,20H,5-10,12-14H2,1H3/t17-/m0/s1. The summed E-state index contributed by atoms with van der Waals surface area (Å²) < 4.78 is 11.4. The molecule has 1 atom stereocenters. The average Bonchev–Trinajstić information content (AvgIpc) is 2.93. The van der Waals surface area contributed by atoms with Gasteiger partial charge in [-0.25, -0.2) is 0 Å². The highest BCUT2D eigenvalue weighted by molar-refractivity contribution is 5.29. The quantitative estimate of drug-likeness (QED) is 0.904. The van der Waals surface area contributed by atoms with Crippen LogP contribution in [0.25, 0.3) is 0 Å². The monoisotopic (exact) mass is 305 g/mol. The first-order valence-corrected chi connectivity index (χ1v) is 8.31. The average molecular weight is 305 g/mol. The number of hydrogen-bond acceptors (Lipinski definition) is 4. The largest absolute Gasteiger partial charge is 0.497 e. The van der Waals surface area contributed by atoms with Crippen LogP contribution in [0, 0.1) is 5.41 Å². The Morgan fingerprint density at radius 1 is 1.36 bits per heavy atom. The van der Waals surface area contributed by atoms with E-state index in [0.29, 0.717) is 11.5 Å². The molecule has 2 aliphatic rings. The van der Waals surface area contributed by atoms with Gasteiger partial charge in [0.25, 0.3) is 0 Å². The third-order valence-electron chi connectivity index (χ3n) is 5.22. The van der Waals surface area contributed by atoms with Crippen molar-refractivity contribution in [1.82, 2.24) is 4.90 Å². The number of aliphatic hydroxyl groups excluding tert-OH is 1. The fraction of sp³-hybridized carbons (Fsp3) is 0.667. The van der Waals surface area contributed by atoms with E-state index in [4.69, 9.17) is 14.6 Å². The van der Waals surface area contributed by atoms with E-state index in [9.17, 15) is 0 Å². The smallest absolute Gasteiger partial charge is 0.119 e. The topological polar surface area (TPSA) is 41.9 Å². The maximum absolute atomic E-state index is 9.05. The van der Waals surface area contributed by atoms with Crippen molar-refractivity contribution in [2.45, 2.75) is 31.8 Å². The maximum atomic E-state index is 9.05. The number of piperidine rings is 1.